The van der Waals surface area contributed by atoms with Gasteiger partial charge in [-0.15, -0.1) is 0 Å². The number of carbonyl (C=O) groups excluding carboxylic acids is 3. The van der Waals surface area contributed by atoms with Gasteiger partial charge in [0.15, 0.2) is 17.3 Å². The molecule has 1 aliphatic rings. The maximum absolute atomic E-state index is 12.5. The number of benzene rings is 1. The zero-order chi connectivity index (χ0) is 19.3. The minimum Gasteiger partial charge on any atom is -0.454 e. The molecule has 2 atom stereocenters. The largest absolute Gasteiger partial charge is 0.454 e. The first-order valence-corrected chi connectivity index (χ1v) is 7.71. The summed E-state index contributed by atoms with van der Waals surface area (Å²) in [5.74, 6) is -0.236. The molecule has 0 saturated heterocycles. The lowest BCUT2D eigenvalue weighted by atomic mass is 10.0. The second-order valence-corrected chi connectivity index (χ2v) is 5.50. The summed E-state index contributed by atoms with van der Waals surface area (Å²) in [6.45, 7) is 0.351. The van der Waals surface area contributed by atoms with E-state index in [2.05, 4.69) is 4.74 Å². The molecule has 0 saturated carbocycles. The molecule has 0 radical (unpaired) electrons. The van der Waals surface area contributed by atoms with Crippen molar-refractivity contribution in [2.45, 2.75) is 19.0 Å². The zero-order valence-electron chi connectivity index (χ0n) is 14.3. The molecular weight excluding hydrogens is 348 g/mol. The molecule has 26 heavy (non-hydrogen) atoms. The highest BCUT2D eigenvalue weighted by atomic mass is 16.7. The third kappa shape index (κ3) is 4.41. The van der Waals surface area contributed by atoms with Crippen molar-refractivity contribution < 1.29 is 38.4 Å². The first-order chi connectivity index (χ1) is 12.3. The van der Waals surface area contributed by atoms with Crippen LogP contribution in [0.2, 0.25) is 0 Å². The Bertz CT molecular complexity index is 693. The molecule has 0 bridgehead atoms. The van der Waals surface area contributed by atoms with E-state index < -0.39 is 37.5 Å². The van der Waals surface area contributed by atoms with E-state index in [1.54, 1.807) is 18.2 Å². The molecule has 0 aliphatic carbocycles. The minimum atomic E-state index is -1.21. The summed E-state index contributed by atoms with van der Waals surface area (Å²) in [6, 6.07) is 2.68. The molecule has 2 unspecified atom stereocenters. The van der Waals surface area contributed by atoms with Gasteiger partial charge in [-0.1, -0.05) is 0 Å². The van der Waals surface area contributed by atoms with Crippen LogP contribution in [-0.2, 0) is 14.3 Å². The number of nitrogens with zero attached hydrogens (tertiary/aromatic N) is 1. The van der Waals surface area contributed by atoms with Gasteiger partial charge in [0, 0.05) is 12.6 Å². The zero-order valence-corrected chi connectivity index (χ0v) is 14.3. The smallest absolute Gasteiger partial charge is 0.413 e. The van der Waals surface area contributed by atoms with E-state index in [1.165, 1.54) is 14.0 Å². The first kappa shape index (κ1) is 19.5. The number of fused-ring (bicyclic) bond motifs is 1. The fraction of sp³-hybridized carbons (Fsp3) is 0.438. The molecular formula is C16H20N2O8. The van der Waals surface area contributed by atoms with Crippen LogP contribution < -0.4 is 15.2 Å². The maximum atomic E-state index is 12.5. The van der Waals surface area contributed by atoms with Crippen LogP contribution in [0.3, 0.4) is 0 Å². The van der Waals surface area contributed by atoms with E-state index in [-0.39, 0.29) is 12.6 Å². The van der Waals surface area contributed by atoms with Crippen molar-refractivity contribution in [1.29, 1.82) is 0 Å². The summed E-state index contributed by atoms with van der Waals surface area (Å²) < 4.78 is 19.8. The highest BCUT2D eigenvalue weighted by molar-refractivity contribution is 6.01. The molecule has 10 heteroatoms. The summed E-state index contributed by atoms with van der Waals surface area (Å²) in [6.07, 6.45) is -0.864. The summed E-state index contributed by atoms with van der Waals surface area (Å²) in [4.78, 5) is 36.8. The molecule has 0 fully saturated rings. The Morgan fingerprint density at radius 3 is 2.65 bits per heavy atom. The number of aliphatic hydroxyl groups is 1. The Labute approximate surface area is 149 Å². The van der Waals surface area contributed by atoms with Gasteiger partial charge in [-0.2, -0.15) is 0 Å². The van der Waals surface area contributed by atoms with Gasteiger partial charge < -0.3 is 34.7 Å². The molecule has 1 aliphatic heterocycles. The van der Waals surface area contributed by atoms with Crippen molar-refractivity contribution in [2.24, 2.45) is 5.73 Å². The van der Waals surface area contributed by atoms with Gasteiger partial charge >= 0.3 is 12.1 Å². The molecule has 1 aromatic rings. The quantitative estimate of drug-likeness (QED) is 0.383. The Morgan fingerprint density at radius 2 is 1.96 bits per heavy atom. The standard InChI is InChI=1S/C16H20N2O8/c1-9(14(20)10-3-4-12-13(5-10)24-7-23-12)18(2)16(22)26-8-25-15(21)11(17)6-19/h3-5,9,11,19H,6-8,17H2,1-2H3. The van der Waals surface area contributed by atoms with Gasteiger partial charge in [-0.25, -0.2) is 4.79 Å². The summed E-state index contributed by atoms with van der Waals surface area (Å²) in [5, 5.41) is 8.71. The number of esters is 1. The Hall–Kier alpha value is -2.85. The molecule has 10 nitrogen and oxygen atoms in total. The Balaban J connectivity index is 1.89. The van der Waals surface area contributed by atoms with Crippen LogP contribution in [0.1, 0.15) is 17.3 Å². The number of rotatable bonds is 7. The van der Waals surface area contributed by atoms with Crippen molar-refractivity contribution in [2.75, 3.05) is 27.2 Å². The fourth-order valence-electron chi connectivity index (χ4n) is 2.05. The van der Waals surface area contributed by atoms with Crippen LogP contribution in [0, 0.1) is 0 Å². The summed E-state index contributed by atoms with van der Waals surface area (Å²) >= 11 is 0. The van der Waals surface area contributed by atoms with Crippen molar-refractivity contribution in [3.63, 3.8) is 0 Å². The van der Waals surface area contributed by atoms with E-state index in [0.29, 0.717) is 17.1 Å². The number of ketones is 1. The molecule has 142 valence electrons. The maximum Gasteiger partial charge on any atom is 0.413 e. The molecule has 0 aromatic heterocycles. The van der Waals surface area contributed by atoms with Crippen LogP contribution in [-0.4, -0.2) is 67.2 Å². The molecule has 1 amide bonds. The number of aliphatic hydroxyl groups excluding tert-OH is 1. The number of carbonyl (C=O) groups is 3. The van der Waals surface area contributed by atoms with Gasteiger partial charge in [0.25, 0.3) is 0 Å². The van der Waals surface area contributed by atoms with Gasteiger partial charge in [-0.05, 0) is 25.1 Å². The minimum absolute atomic E-state index is 0.0907. The average molecular weight is 368 g/mol. The van der Waals surface area contributed by atoms with Crippen LogP contribution in [0.25, 0.3) is 0 Å². The highest BCUT2D eigenvalue weighted by Gasteiger charge is 2.26. The molecule has 2 rings (SSSR count). The van der Waals surface area contributed by atoms with Crippen molar-refractivity contribution in [1.82, 2.24) is 4.90 Å². The van der Waals surface area contributed by atoms with E-state index in [9.17, 15) is 14.4 Å². The number of hydrogen-bond acceptors (Lipinski definition) is 9. The lowest BCUT2D eigenvalue weighted by Gasteiger charge is -2.23. The van der Waals surface area contributed by atoms with Gasteiger partial charge in [0.05, 0.1) is 12.6 Å². The van der Waals surface area contributed by atoms with E-state index >= 15 is 0 Å². The van der Waals surface area contributed by atoms with E-state index in [4.69, 9.17) is 25.1 Å². The Morgan fingerprint density at radius 1 is 1.27 bits per heavy atom. The predicted octanol–water partition coefficient (Wildman–Crippen LogP) is -0.125. The van der Waals surface area contributed by atoms with Crippen LogP contribution in [0.4, 0.5) is 4.79 Å². The number of amides is 1. The fourth-order valence-corrected chi connectivity index (χ4v) is 2.05. The summed E-state index contributed by atoms with van der Waals surface area (Å²) in [5.41, 5.74) is 5.59. The van der Waals surface area contributed by atoms with E-state index in [0.717, 1.165) is 4.90 Å². The topological polar surface area (TPSA) is 138 Å². The average Bonchev–Trinajstić information content (AvgIpc) is 3.12. The van der Waals surface area contributed by atoms with Crippen molar-refractivity contribution in [3.8, 4) is 11.5 Å². The molecule has 1 aromatic carbocycles. The van der Waals surface area contributed by atoms with E-state index in [1.807, 2.05) is 0 Å². The van der Waals surface area contributed by atoms with Crippen molar-refractivity contribution in [3.05, 3.63) is 23.8 Å². The van der Waals surface area contributed by atoms with Gasteiger partial charge in [-0.3, -0.25) is 9.59 Å². The normalized spacial score (nSPS) is 14.3. The number of Topliss-reactive ketones (excluding diaryl/α,β-unsaturated/α-hetero) is 1. The molecule has 0 spiro atoms. The van der Waals surface area contributed by atoms with Crippen LogP contribution in [0.15, 0.2) is 18.2 Å². The second kappa shape index (κ2) is 8.50. The Kier molecular flexibility index (Phi) is 6.36. The van der Waals surface area contributed by atoms with Crippen LogP contribution >= 0.6 is 0 Å². The van der Waals surface area contributed by atoms with Crippen molar-refractivity contribution >= 4 is 17.8 Å². The number of likely N-dealkylation sites (N-methyl/N-ethyl adjacent to an activating group) is 1. The lowest BCUT2D eigenvalue weighted by molar-refractivity contribution is -0.154. The molecule has 3 N–H and O–H groups in total. The van der Waals surface area contributed by atoms with Gasteiger partial charge in [0.2, 0.25) is 13.6 Å². The third-order valence-corrected chi connectivity index (χ3v) is 3.79. The number of nitrogens with two attached hydrogens (primary N) is 1. The predicted molar refractivity (Wildman–Crippen MR) is 86.6 cm³/mol. The monoisotopic (exact) mass is 368 g/mol. The van der Waals surface area contributed by atoms with Crippen LogP contribution in [0.5, 0.6) is 11.5 Å². The number of ether oxygens (including phenoxy) is 4. The molecule has 1 heterocycles. The summed E-state index contributed by atoms with van der Waals surface area (Å²) in [7, 11) is 1.37. The lowest BCUT2D eigenvalue weighted by Crippen LogP contribution is -2.41. The highest BCUT2D eigenvalue weighted by Crippen LogP contribution is 2.32. The third-order valence-electron chi connectivity index (χ3n) is 3.79. The second-order valence-electron chi connectivity index (χ2n) is 5.50. The SMILES string of the molecule is CC(C(=O)c1ccc2c(c1)OCO2)N(C)C(=O)OCOC(=O)C(N)CO. The van der Waals surface area contributed by atoms with Gasteiger partial charge in [0.1, 0.15) is 6.04 Å². The number of hydrogen-bond donors (Lipinski definition) is 2. The first-order valence-electron chi connectivity index (χ1n) is 7.71.